The smallest absolute Gasteiger partial charge is 0.336 e. The first-order chi connectivity index (χ1) is 6.57. The van der Waals surface area contributed by atoms with Gasteiger partial charge in [-0.05, 0) is 40.3 Å². The largest absolute Gasteiger partial charge is 0.478 e. The van der Waals surface area contributed by atoms with Gasteiger partial charge in [0.2, 0.25) is 0 Å². The standard InChI is InChI=1S/C9H11IN2O2/c10-6-3-1-2-5(9(13)14)8(6)7(12)4-11/h1-3,7H,4,11-12H2,(H,13,14)/t7-/m1/s1. The van der Waals surface area contributed by atoms with Gasteiger partial charge in [-0.25, -0.2) is 4.79 Å². The Morgan fingerprint density at radius 1 is 1.57 bits per heavy atom. The molecule has 1 aromatic rings. The zero-order valence-corrected chi connectivity index (χ0v) is 9.56. The normalized spacial score (nSPS) is 12.5. The molecule has 1 atom stereocenters. The van der Waals surface area contributed by atoms with E-state index in [0.717, 1.165) is 3.57 Å². The van der Waals surface area contributed by atoms with Crippen molar-refractivity contribution in [1.29, 1.82) is 0 Å². The van der Waals surface area contributed by atoms with E-state index < -0.39 is 12.0 Å². The van der Waals surface area contributed by atoms with Crippen LogP contribution in [0.15, 0.2) is 18.2 Å². The predicted molar refractivity (Wildman–Crippen MR) is 62.1 cm³/mol. The van der Waals surface area contributed by atoms with Gasteiger partial charge < -0.3 is 16.6 Å². The summed E-state index contributed by atoms with van der Waals surface area (Å²) >= 11 is 2.06. The molecule has 4 nitrogen and oxygen atoms in total. The lowest BCUT2D eigenvalue weighted by Gasteiger charge is -2.14. The highest BCUT2D eigenvalue weighted by Crippen LogP contribution is 2.22. The molecule has 0 spiro atoms. The zero-order chi connectivity index (χ0) is 10.7. The van der Waals surface area contributed by atoms with E-state index in [1.54, 1.807) is 6.07 Å². The molecule has 0 aliphatic heterocycles. The summed E-state index contributed by atoms with van der Waals surface area (Å²) in [5.74, 6) is -0.970. The first-order valence-electron chi connectivity index (χ1n) is 4.05. The molecule has 0 radical (unpaired) electrons. The van der Waals surface area contributed by atoms with Gasteiger partial charge >= 0.3 is 5.97 Å². The number of aromatic carboxylic acids is 1. The van der Waals surface area contributed by atoms with E-state index in [1.165, 1.54) is 6.07 Å². The van der Waals surface area contributed by atoms with Crippen LogP contribution in [0.25, 0.3) is 0 Å². The molecular weight excluding hydrogens is 295 g/mol. The number of nitrogens with two attached hydrogens (primary N) is 2. The average Bonchev–Trinajstić information content (AvgIpc) is 2.16. The highest BCUT2D eigenvalue weighted by Gasteiger charge is 2.17. The third-order valence-electron chi connectivity index (χ3n) is 1.91. The van der Waals surface area contributed by atoms with Crippen LogP contribution in [0, 0.1) is 3.57 Å². The minimum absolute atomic E-state index is 0.231. The van der Waals surface area contributed by atoms with Crippen molar-refractivity contribution in [3.63, 3.8) is 0 Å². The molecule has 0 saturated carbocycles. The second kappa shape index (κ2) is 4.72. The van der Waals surface area contributed by atoms with Crippen LogP contribution in [-0.2, 0) is 0 Å². The van der Waals surface area contributed by atoms with Crippen molar-refractivity contribution in [3.05, 3.63) is 32.9 Å². The Morgan fingerprint density at radius 2 is 2.21 bits per heavy atom. The maximum absolute atomic E-state index is 10.9. The van der Waals surface area contributed by atoms with Crippen molar-refractivity contribution in [2.75, 3.05) is 6.54 Å². The van der Waals surface area contributed by atoms with Gasteiger partial charge in [0.1, 0.15) is 0 Å². The minimum atomic E-state index is -0.970. The summed E-state index contributed by atoms with van der Waals surface area (Å²) in [5.41, 5.74) is 12.0. The van der Waals surface area contributed by atoms with Crippen LogP contribution in [0.3, 0.4) is 0 Å². The van der Waals surface area contributed by atoms with Crippen LogP contribution < -0.4 is 11.5 Å². The van der Waals surface area contributed by atoms with Crippen LogP contribution in [0.2, 0.25) is 0 Å². The topological polar surface area (TPSA) is 89.3 Å². The molecule has 0 amide bonds. The SMILES string of the molecule is NC[C@@H](N)c1c(I)cccc1C(=O)O. The molecule has 5 heteroatoms. The Morgan fingerprint density at radius 3 is 2.71 bits per heavy atom. The van der Waals surface area contributed by atoms with E-state index in [2.05, 4.69) is 22.6 Å². The molecular formula is C9H11IN2O2. The van der Waals surface area contributed by atoms with Gasteiger partial charge in [-0.1, -0.05) is 6.07 Å². The summed E-state index contributed by atoms with van der Waals surface area (Å²) in [5, 5.41) is 8.93. The summed E-state index contributed by atoms with van der Waals surface area (Å²) in [6, 6.07) is 4.62. The van der Waals surface area contributed by atoms with E-state index in [9.17, 15) is 4.79 Å². The second-order valence-corrected chi connectivity index (χ2v) is 4.01. The molecule has 0 bridgehead atoms. The third kappa shape index (κ3) is 2.23. The lowest BCUT2D eigenvalue weighted by molar-refractivity contribution is 0.0695. The number of hydrogen-bond donors (Lipinski definition) is 3. The fraction of sp³-hybridized carbons (Fsp3) is 0.222. The van der Waals surface area contributed by atoms with Crippen LogP contribution in [0.1, 0.15) is 22.0 Å². The van der Waals surface area contributed by atoms with E-state index >= 15 is 0 Å². The number of carboxylic acid groups (broad SMARTS) is 1. The van der Waals surface area contributed by atoms with E-state index in [0.29, 0.717) is 5.56 Å². The Kier molecular flexibility index (Phi) is 3.85. The first-order valence-corrected chi connectivity index (χ1v) is 5.13. The van der Waals surface area contributed by atoms with Crippen LogP contribution in [-0.4, -0.2) is 17.6 Å². The average molecular weight is 306 g/mol. The summed E-state index contributed by atoms with van der Waals surface area (Å²) in [6.45, 7) is 0.236. The first kappa shape index (κ1) is 11.4. The lowest BCUT2D eigenvalue weighted by Crippen LogP contribution is -2.24. The fourth-order valence-corrected chi connectivity index (χ4v) is 2.12. The monoisotopic (exact) mass is 306 g/mol. The maximum Gasteiger partial charge on any atom is 0.336 e. The molecule has 1 rings (SSSR count). The van der Waals surface area contributed by atoms with E-state index in [1.807, 2.05) is 6.07 Å². The number of carboxylic acids is 1. The quantitative estimate of drug-likeness (QED) is 0.725. The molecule has 14 heavy (non-hydrogen) atoms. The molecule has 0 aliphatic carbocycles. The maximum atomic E-state index is 10.9. The third-order valence-corrected chi connectivity index (χ3v) is 2.85. The van der Waals surface area contributed by atoms with Gasteiger partial charge in [0.15, 0.2) is 0 Å². The van der Waals surface area contributed by atoms with Crippen molar-refractivity contribution in [1.82, 2.24) is 0 Å². The molecule has 5 N–H and O–H groups in total. The van der Waals surface area contributed by atoms with Crippen LogP contribution >= 0.6 is 22.6 Å². The summed E-state index contributed by atoms with van der Waals surface area (Å²) in [6.07, 6.45) is 0. The predicted octanol–water partition coefficient (Wildman–Crippen LogP) is 0.948. The van der Waals surface area contributed by atoms with Crippen molar-refractivity contribution in [3.8, 4) is 0 Å². The van der Waals surface area contributed by atoms with Crippen molar-refractivity contribution < 1.29 is 9.90 Å². The van der Waals surface area contributed by atoms with Gasteiger partial charge in [-0.15, -0.1) is 0 Å². The summed E-state index contributed by atoms with van der Waals surface area (Å²) in [4.78, 5) is 10.9. The Hall–Kier alpha value is -0.660. The lowest BCUT2D eigenvalue weighted by atomic mass is 10.0. The molecule has 1 aromatic carbocycles. The van der Waals surface area contributed by atoms with Crippen LogP contribution in [0.4, 0.5) is 0 Å². The van der Waals surface area contributed by atoms with Gasteiger partial charge in [-0.3, -0.25) is 0 Å². The minimum Gasteiger partial charge on any atom is -0.478 e. The number of carbonyl (C=O) groups is 1. The Balaban J connectivity index is 3.29. The molecule has 0 aliphatic rings. The Bertz CT molecular complexity index is 355. The van der Waals surface area contributed by atoms with Crippen LogP contribution in [0.5, 0.6) is 0 Å². The van der Waals surface area contributed by atoms with Gasteiger partial charge in [0.05, 0.1) is 5.56 Å². The zero-order valence-electron chi connectivity index (χ0n) is 7.40. The van der Waals surface area contributed by atoms with E-state index in [-0.39, 0.29) is 12.1 Å². The molecule has 0 aromatic heterocycles. The highest BCUT2D eigenvalue weighted by atomic mass is 127. The molecule has 0 fully saturated rings. The van der Waals surface area contributed by atoms with Crippen molar-refractivity contribution >= 4 is 28.6 Å². The number of benzene rings is 1. The fourth-order valence-electron chi connectivity index (χ4n) is 1.22. The second-order valence-electron chi connectivity index (χ2n) is 2.85. The molecule has 0 heterocycles. The summed E-state index contributed by atoms with van der Waals surface area (Å²) < 4.78 is 0.834. The molecule has 0 unspecified atom stereocenters. The van der Waals surface area contributed by atoms with Gasteiger partial charge in [0.25, 0.3) is 0 Å². The van der Waals surface area contributed by atoms with E-state index in [4.69, 9.17) is 16.6 Å². The molecule has 0 saturated heterocycles. The van der Waals surface area contributed by atoms with Gasteiger partial charge in [0, 0.05) is 16.2 Å². The number of halogens is 1. The van der Waals surface area contributed by atoms with Crippen molar-refractivity contribution in [2.45, 2.75) is 6.04 Å². The number of hydrogen-bond acceptors (Lipinski definition) is 3. The Labute approximate surface area is 95.4 Å². The summed E-state index contributed by atoms with van der Waals surface area (Å²) in [7, 11) is 0. The highest BCUT2D eigenvalue weighted by molar-refractivity contribution is 14.1. The number of rotatable bonds is 3. The van der Waals surface area contributed by atoms with Crippen molar-refractivity contribution in [2.24, 2.45) is 11.5 Å². The molecule has 76 valence electrons. The van der Waals surface area contributed by atoms with Gasteiger partial charge in [-0.2, -0.15) is 0 Å².